The van der Waals surface area contributed by atoms with Gasteiger partial charge in [0.1, 0.15) is 0 Å². The topological polar surface area (TPSA) is 70.6 Å². The van der Waals surface area contributed by atoms with Gasteiger partial charge in [-0.25, -0.2) is 8.42 Å². The summed E-state index contributed by atoms with van der Waals surface area (Å²) in [6.07, 6.45) is 3.48. The van der Waals surface area contributed by atoms with Crippen molar-refractivity contribution in [1.82, 2.24) is 14.8 Å². The minimum absolute atomic E-state index is 0.0220. The number of sulfone groups is 1. The van der Waals surface area contributed by atoms with Gasteiger partial charge in [-0.15, -0.1) is 0 Å². The smallest absolute Gasteiger partial charge is 0.236 e. The first kappa shape index (κ1) is 14.9. The highest BCUT2D eigenvalue weighted by molar-refractivity contribution is 7.91. The fraction of sp³-hybridized carbons (Fsp3) is 0.538. The lowest BCUT2D eigenvalue weighted by Crippen LogP contribution is -2.47. The predicted octanol–water partition coefficient (Wildman–Crippen LogP) is -0.230. The van der Waals surface area contributed by atoms with Gasteiger partial charge in [0, 0.05) is 32.0 Å². The predicted molar refractivity (Wildman–Crippen MR) is 75.8 cm³/mol. The molecule has 1 aliphatic heterocycles. The van der Waals surface area contributed by atoms with E-state index in [0.717, 1.165) is 5.56 Å². The van der Waals surface area contributed by atoms with Crippen LogP contribution in [0.2, 0.25) is 0 Å². The lowest BCUT2D eigenvalue weighted by molar-refractivity contribution is -0.131. The molecule has 1 aromatic rings. The van der Waals surface area contributed by atoms with E-state index in [-0.39, 0.29) is 24.0 Å². The molecule has 0 bridgehead atoms. The van der Waals surface area contributed by atoms with Crippen LogP contribution in [0.25, 0.3) is 0 Å². The van der Waals surface area contributed by atoms with E-state index in [0.29, 0.717) is 19.6 Å². The molecular formula is C13H19N3O3S. The zero-order chi connectivity index (χ0) is 14.6. The van der Waals surface area contributed by atoms with Crippen LogP contribution in [0.15, 0.2) is 24.5 Å². The second-order valence-corrected chi connectivity index (χ2v) is 7.37. The molecule has 0 aliphatic carbocycles. The molecule has 0 radical (unpaired) electrons. The monoisotopic (exact) mass is 297 g/mol. The largest absolute Gasteiger partial charge is 0.340 e. The van der Waals surface area contributed by atoms with Crippen molar-refractivity contribution in [3.05, 3.63) is 30.1 Å². The molecule has 7 heteroatoms. The van der Waals surface area contributed by atoms with Crippen molar-refractivity contribution in [2.45, 2.75) is 6.54 Å². The second-order valence-electron chi connectivity index (χ2n) is 5.07. The molecule has 6 nitrogen and oxygen atoms in total. The summed E-state index contributed by atoms with van der Waals surface area (Å²) in [4.78, 5) is 19.6. The molecule has 0 N–H and O–H groups in total. The number of hydrogen-bond acceptors (Lipinski definition) is 5. The lowest BCUT2D eigenvalue weighted by Gasteiger charge is -2.28. The Hall–Kier alpha value is -1.47. The van der Waals surface area contributed by atoms with Gasteiger partial charge in [0.2, 0.25) is 5.91 Å². The third kappa shape index (κ3) is 4.28. The SMILES string of the molecule is CN(CC(=O)N1CCS(=O)(=O)CC1)Cc1cccnc1. The Balaban J connectivity index is 1.82. The summed E-state index contributed by atoms with van der Waals surface area (Å²) >= 11 is 0. The van der Waals surface area contributed by atoms with Crippen molar-refractivity contribution in [1.29, 1.82) is 0 Å². The first-order valence-corrected chi connectivity index (χ1v) is 8.34. The maximum absolute atomic E-state index is 12.1. The average Bonchev–Trinajstić information content (AvgIpc) is 2.39. The number of pyridine rings is 1. The normalized spacial score (nSPS) is 18.2. The number of rotatable bonds is 4. The molecule has 1 saturated heterocycles. The number of carbonyl (C=O) groups excluding carboxylic acids is 1. The van der Waals surface area contributed by atoms with Crippen molar-refractivity contribution in [2.75, 3.05) is 38.2 Å². The Morgan fingerprint density at radius 2 is 2.10 bits per heavy atom. The molecule has 0 saturated carbocycles. The molecule has 2 rings (SSSR count). The van der Waals surface area contributed by atoms with Crippen LogP contribution in [-0.4, -0.2) is 67.3 Å². The zero-order valence-corrected chi connectivity index (χ0v) is 12.3. The summed E-state index contributed by atoms with van der Waals surface area (Å²) in [6.45, 7) is 1.55. The Kier molecular flexibility index (Phi) is 4.72. The quantitative estimate of drug-likeness (QED) is 0.768. The van der Waals surface area contributed by atoms with E-state index in [4.69, 9.17) is 0 Å². The van der Waals surface area contributed by atoms with Gasteiger partial charge < -0.3 is 4.90 Å². The molecule has 0 spiro atoms. The third-order valence-corrected chi connectivity index (χ3v) is 4.89. The van der Waals surface area contributed by atoms with Crippen molar-refractivity contribution < 1.29 is 13.2 Å². The summed E-state index contributed by atoms with van der Waals surface area (Å²) in [5.41, 5.74) is 1.05. The van der Waals surface area contributed by atoms with Crippen LogP contribution in [0.3, 0.4) is 0 Å². The molecule has 1 aliphatic rings. The number of nitrogens with zero attached hydrogens (tertiary/aromatic N) is 3. The van der Waals surface area contributed by atoms with Crippen LogP contribution < -0.4 is 0 Å². The average molecular weight is 297 g/mol. The van der Waals surface area contributed by atoms with Crippen LogP contribution >= 0.6 is 0 Å². The summed E-state index contributed by atoms with van der Waals surface area (Å²) in [5, 5.41) is 0. The molecule has 0 aromatic carbocycles. The Morgan fingerprint density at radius 1 is 1.40 bits per heavy atom. The molecule has 0 atom stereocenters. The van der Waals surface area contributed by atoms with Gasteiger partial charge >= 0.3 is 0 Å². The van der Waals surface area contributed by atoms with E-state index in [1.54, 1.807) is 17.3 Å². The van der Waals surface area contributed by atoms with Crippen LogP contribution in [0.1, 0.15) is 5.56 Å². The second kappa shape index (κ2) is 6.32. The van der Waals surface area contributed by atoms with Gasteiger partial charge in [-0.2, -0.15) is 0 Å². The minimum atomic E-state index is -2.94. The Bertz CT molecular complexity index is 545. The van der Waals surface area contributed by atoms with E-state index < -0.39 is 9.84 Å². The fourth-order valence-corrected chi connectivity index (χ4v) is 3.35. The molecule has 1 amide bonds. The van der Waals surface area contributed by atoms with Crippen LogP contribution in [0.4, 0.5) is 0 Å². The van der Waals surface area contributed by atoms with Crippen LogP contribution in [0.5, 0.6) is 0 Å². The van der Waals surface area contributed by atoms with E-state index in [1.165, 1.54) is 0 Å². The highest BCUT2D eigenvalue weighted by atomic mass is 32.2. The molecule has 20 heavy (non-hydrogen) atoms. The van der Waals surface area contributed by atoms with Crippen LogP contribution in [0, 0.1) is 0 Å². The summed E-state index contributed by atoms with van der Waals surface area (Å²) < 4.78 is 22.7. The maximum atomic E-state index is 12.1. The van der Waals surface area contributed by atoms with Crippen molar-refractivity contribution in [3.8, 4) is 0 Å². The van der Waals surface area contributed by atoms with Crippen molar-refractivity contribution in [2.24, 2.45) is 0 Å². The highest BCUT2D eigenvalue weighted by Gasteiger charge is 2.25. The molecule has 110 valence electrons. The van der Waals surface area contributed by atoms with Gasteiger partial charge in [-0.1, -0.05) is 6.07 Å². The van der Waals surface area contributed by atoms with Gasteiger partial charge in [-0.05, 0) is 18.7 Å². The molecule has 1 aromatic heterocycles. The first-order chi connectivity index (χ1) is 9.46. The van der Waals surface area contributed by atoms with Gasteiger partial charge in [0.25, 0.3) is 0 Å². The minimum Gasteiger partial charge on any atom is -0.340 e. The number of amides is 1. The van der Waals surface area contributed by atoms with Gasteiger partial charge in [0.15, 0.2) is 9.84 Å². The van der Waals surface area contributed by atoms with Crippen molar-refractivity contribution in [3.63, 3.8) is 0 Å². The molecular weight excluding hydrogens is 278 g/mol. The molecule has 0 unspecified atom stereocenters. The van der Waals surface area contributed by atoms with E-state index in [9.17, 15) is 13.2 Å². The number of likely N-dealkylation sites (N-methyl/N-ethyl adjacent to an activating group) is 1. The fourth-order valence-electron chi connectivity index (χ4n) is 2.15. The molecule has 2 heterocycles. The highest BCUT2D eigenvalue weighted by Crippen LogP contribution is 2.06. The summed E-state index contributed by atoms with van der Waals surface area (Å²) in [7, 11) is -1.08. The standard InChI is InChI=1S/C13H19N3O3S/c1-15(10-12-3-2-4-14-9-12)11-13(17)16-5-7-20(18,19)8-6-16/h2-4,9H,5-8,10-11H2,1H3. The van der Waals surface area contributed by atoms with E-state index in [1.807, 2.05) is 24.1 Å². The zero-order valence-electron chi connectivity index (χ0n) is 11.5. The lowest BCUT2D eigenvalue weighted by atomic mass is 10.2. The summed E-state index contributed by atoms with van der Waals surface area (Å²) in [6, 6.07) is 3.82. The van der Waals surface area contributed by atoms with Gasteiger partial charge in [0.05, 0.1) is 18.1 Å². The Morgan fingerprint density at radius 3 is 2.70 bits per heavy atom. The van der Waals surface area contributed by atoms with Gasteiger partial charge in [-0.3, -0.25) is 14.7 Å². The van der Waals surface area contributed by atoms with E-state index >= 15 is 0 Å². The van der Waals surface area contributed by atoms with Crippen LogP contribution in [-0.2, 0) is 21.2 Å². The maximum Gasteiger partial charge on any atom is 0.236 e. The third-order valence-electron chi connectivity index (χ3n) is 3.28. The first-order valence-electron chi connectivity index (χ1n) is 6.52. The van der Waals surface area contributed by atoms with E-state index in [2.05, 4.69) is 4.98 Å². The van der Waals surface area contributed by atoms with Crippen molar-refractivity contribution >= 4 is 15.7 Å². The number of aromatic nitrogens is 1. The molecule has 1 fully saturated rings. The number of carbonyl (C=O) groups is 1. The Labute approximate surface area is 119 Å². The number of hydrogen-bond donors (Lipinski definition) is 0. The summed E-state index contributed by atoms with van der Waals surface area (Å²) in [5.74, 6) is 0.127.